The number of aliphatic hydroxyl groups is 1. The molecule has 0 aliphatic carbocycles. The standard InChI is InChI=1S/C9H11F2N3O2/c10-6-3-14(9(11)13-8(6)12)7-2-1-5(4-15)16-7/h1-3,5,7,9,15H,4H2,(H2,12,13)/t5-,7+,9?/m1/s1. The van der Waals surface area contributed by atoms with Crippen LogP contribution in [0.25, 0.3) is 0 Å². The molecule has 3 atom stereocenters. The number of hydrogen-bond acceptors (Lipinski definition) is 5. The smallest absolute Gasteiger partial charge is 0.270 e. The van der Waals surface area contributed by atoms with Crippen LogP contribution in [-0.2, 0) is 4.74 Å². The maximum Gasteiger partial charge on any atom is 0.270 e. The number of nitrogens with two attached hydrogens (primary N) is 1. The molecule has 0 saturated carbocycles. The van der Waals surface area contributed by atoms with Crippen LogP contribution in [0.15, 0.2) is 29.2 Å². The first kappa shape index (κ1) is 11.0. The zero-order valence-corrected chi connectivity index (χ0v) is 8.25. The van der Waals surface area contributed by atoms with E-state index >= 15 is 0 Å². The largest absolute Gasteiger partial charge is 0.393 e. The fourth-order valence-corrected chi connectivity index (χ4v) is 1.46. The first-order valence-corrected chi connectivity index (χ1v) is 4.69. The van der Waals surface area contributed by atoms with Crippen molar-refractivity contribution >= 4 is 5.84 Å². The molecular formula is C9H11F2N3O2. The average Bonchev–Trinajstić information content (AvgIpc) is 2.71. The van der Waals surface area contributed by atoms with Gasteiger partial charge in [0.25, 0.3) is 6.42 Å². The van der Waals surface area contributed by atoms with E-state index in [2.05, 4.69) is 4.99 Å². The van der Waals surface area contributed by atoms with Crippen molar-refractivity contribution in [3.8, 4) is 0 Å². The summed E-state index contributed by atoms with van der Waals surface area (Å²) in [6.45, 7) is -0.213. The van der Waals surface area contributed by atoms with E-state index in [4.69, 9.17) is 15.6 Å². The predicted molar refractivity (Wildman–Crippen MR) is 52.4 cm³/mol. The second kappa shape index (κ2) is 4.18. The Morgan fingerprint density at radius 2 is 2.31 bits per heavy atom. The summed E-state index contributed by atoms with van der Waals surface area (Å²) >= 11 is 0. The fraction of sp³-hybridized carbons (Fsp3) is 0.444. The molecule has 2 rings (SSSR count). The number of alkyl halides is 1. The lowest BCUT2D eigenvalue weighted by Crippen LogP contribution is -2.40. The fourth-order valence-electron chi connectivity index (χ4n) is 1.46. The summed E-state index contributed by atoms with van der Waals surface area (Å²) in [5, 5.41) is 8.82. The van der Waals surface area contributed by atoms with Crippen molar-refractivity contribution in [2.75, 3.05) is 6.61 Å². The third-order valence-electron chi connectivity index (χ3n) is 2.28. The van der Waals surface area contributed by atoms with Gasteiger partial charge in [-0.25, -0.2) is 9.38 Å². The molecule has 88 valence electrons. The van der Waals surface area contributed by atoms with Crippen LogP contribution in [0.2, 0.25) is 0 Å². The van der Waals surface area contributed by atoms with Crippen LogP contribution in [0.4, 0.5) is 8.78 Å². The first-order valence-electron chi connectivity index (χ1n) is 4.69. The molecule has 1 unspecified atom stereocenters. The number of aliphatic hydroxyl groups excluding tert-OH is 1. The molecule has 7 heteroatoms. The van der Waals surface area contributed by atoms with Crippen LogP contribution in [0.3, 0.4) is 0 Å². The molecule has 0 spiro atoms. The maximum atomic E-state index is 13.4. The van der Waals surface area contributed by atoms with Gasteiger partial charge >= 0.3 is 0 Å². The Hall–Kier alpha value is -1.47. The highest BCUT2D eigenvalue weighted by molar-refractivity contribution is 5.95. The average molecular weight is 231 g/mol. The summed E-state index contributed by atoms with van der Waals surface area (Å²) in [6.07, 6.45) is 0.930. The van der Waals surface area contributed by atoms with E-state index in [1.54, 1.807) is 6.08 Å². The quantitative estimate of drug-likeness (QED) is 0.518. The lowest BCUT2D eigenvalue weighted by atomic mass is 10.3. The molecule has 5 nitrogen and oxygen atoms in total. The van der Waals surface area contributed by atoms with Crippen molar-refractivity contribution in [3.05, 3.63) is 24.2 Å². The van der Waals surface area contributed by atoms with Crippen molar-refractivity contribution in [3.63, 3.8) is 0 Å². The zero-order valence-electron chi connectivity index (χ0n) is 8.25. The van der Waals surface area contributed by atoms with E-state index in [9.17, 15) is 8.78 Å². The molecule has 0 radical (unpaired) electrons. The number of nitrogens with zero attached hydrogens (tertiary/aromatic N) is 2. The van der Waals surface area contributed by atoms with Crippen LogP contribution in [0, 0.1) is 0 Å². The lowest BCUT2D eigenvalue weighted by molar-refractivity contribution is -0.0722. The molecule has 0 amide bonds. The van der Waals surface area contributed by atoms with Gasteiger partial charge in [-0.05, 0) is 6.08 Å². The number of rotatable bonds is 2. The molecule has 3 N–H and O–H groups in total. The lowest BCUT2D eigenvalue weighted by Gasteiger charge is -2.30. The minimum Gasteiger partial charge on any atom is -0.393 e. The number of hydrogen-bond donors (Lipinski definition) is 2. The van der Waals surface area contributed by atoms with E-state index in [0.717, 1.165) is 11.1 Å². The van der Waals surface area contributed by atoms with Gasteiger partial charge in [0.2, 0.25) is 0 Å². The van der Waals surface area contributed by atoms with Crippen molar-refractivity contribution < 1.29 is 18.6 Å². The summed E-state index contributed by atoms with van der Waals surface area (Å²) in [4.78, 5) is 4.22. The van der Waals surface area contributed by atoms with E-state index < -0.39 is 30.4 Å². The van der Waals surface area contributed by atoms with Crippen LogP contribution in [0.1, 0.15) is 0 Å². The number of halogens is 2. The third-order valence-corrected chi connectivity index (χ3v) is 2.28. The minimum absolute atomic E-state index is 0.213. The highest BCUT2D eigenvalue weighted by Gasteiger charge is 2.31. The predicted octanol–water partition coefficient (Wildman–Crippen LogP) is -0.00340. The van der Waals surface area contributed by atoms with E-state index in [1.165, 1.54) is 6.08 Å². The number of aliphatic imine (C=N–C) groups is 1. The second-order valence-electron chi connectivity index (χ2n) is 3.38. The van der Waals surface area contributed by atoms with Crippen molar-refractivity contribution in [2.45, 2.75) is 18.8 Å². The van der Waals surface area contributed by atoms with Crippen molar-refractivity contribution in [1.82, 2.24) is 4.90 Å². The van der Waals surface area contributed by atoms with Crippen molar-refractivity contribution in [1.29, 1.82) is 0 Å². The van der Waals surface area contributed by atoms with Crippen LogP contribution in [0.5, 0.6) is 0 Å². The van der Waals surface area contributed by atoms with Gasteiger partial charge in [0.15, 0.2) is 17.9 Å². The molecule has 2 aliphatic rings. The van der Waals surface area contributed by atoms with Crippen LogP contribution >= 0.6 is 0 Å². The maximum absolute atomic E-state index is 13.4. The SMILES string of the molecule is NC1=NC(F)N([C@@H]2C=C[C@H](CO)O2)C=C1F. The Labute approximate surface area is 90.5 Å². The molecule has 2 heterocycles. The second-order valence-corrected chi connectivity index (χ2v) is 3.38. The molecule has 0 aromatic heterocycles. The molecule has 0 bridgehead atoms. The highest BCUT2D eigenvalue weighted by atomic mass is 19.1. The van der Waals surface area contributed by atoms with Crippen LogP contribution in [-0.4, -0.2) is 41.2 Å². The molecule has 0 aromatic rings. The summed E-state index contributed by atoms with van der Waals surface area (Å²) < 4.78 is 31.7. The highest BCUT2D eigenvalue weighted by Crippen LogP contribution is 2.23. The topological polar surface area (TPSA) is 71.1 Å². The van der Waals surface area contributed by atoms with Gasteiger partial charge in [-0.15, -0.1) is 0 Å². The van der Waals surface area contributed by atoms with Gasteiger partial charge in [0, 0.05) is 6.20 Å². The van der Waals surface area contributed by atoms with Gasteiger partial charge in [0.1, 0.15) is 6.10 Å². The van der Waals surface area contributed by atoms with E-state index in [0.29, 0.717) is 0 Å². The third kappa shape index (κ3) is 1.91. The van der Waals surface area contributed by atoms with Crippen LogP contribution < -0.4 is 5.73 Å². The van der Waals surface area contributed by atoms with Gasteiger partial charge < -0.3 is 15.6 Å². The Balaban J connectivity index is 2.10. The molecule has 0 fully saturated rings. The Bertz CT molecular complexity index is 370. The normalized spacial score (nSPS) is 33.9. The molecule has 2 aliphatic heterocycles. The number of ether oxygens (including phenoxy) is 1. The van der Waals surface area contributed by atoms with Crippen molar-refractivity contribution in [2.24, 2.45) is 10.7 Å². The summed E-state index contributed by atoms with van der Waals surface area (Å²) in [6, 6.07) is 0. The number of amidine groups is 1. The molecule has 0 saturated heterocycles. The summed E-state index contributed by atoms with van der Waals surface area (Å²) in [7, 11) is 0. The molecular weight excluding hydrogens is 220 g/mol. The summed E-state index contributed by atoms with van der Waals surface area (Å²) in [5.41, 5.74) is 5.12. The Kier molecular flexibility index (Phi) is 2.88. The minimum atomic E-state index is -1.79. The Morgan fingerprint density at radius 3 is 2.94 bits per heavy atom. The van der Waals surface area contributed by atoms with E-state index in [1.807, 2.05) is 0 Å². The first-order chi connectivity index (χ1) is 7.61. The Morgan fingerprint density at radius 1 is 1.56 bits per heavy atom. The van der Waals surface area contributed by atoms with E-state index in [-0.39, 0.29) is 6.61 Å². The van der Waals surface area contributed by atoms with Gasteiger partial charge in [-0.2, -0.15) is 4.39 Å². The van der Waals surface area contributed by atoms with Gasteiger partial charge in [-0.3, -0.25) is 4.90 Å². The zero-order chi connectivity index (χ0) is 11.7. The van der Waals surface area contributed by atoms with Gasteiger partial charge in [0.05, 0.1) is 6.61 Å². The summed E-state index contributed by atoms with van der Waals surface area (Å²) in [5.74, 6) is -1.28. The molecule has 0 aromatic carbocycles. The molecule has 16 heavy (non-hydrogen) atoms. The van der Waals surface area contributed by atoms with Gasteiger partial charge in [-0.1, -0.05) is 6.08 Å². The monoisotopic (exact) mass is 231 g/mol.